The van der Waals surface area contributed by atoms with Crippen molar-refractivity contribution in [3.05, 3.63) is 58.6 Å². The van der Waals surface area contributed by atoms with Crippen LogP contribution < -0.4 is 5.32 Å². The van der Waals surface area contributed by atoms with Gasteiger partial charge in [0.15, 0.2) is 0 Å². The lowest BCUT2D eigenvalue weighted by Crippen LogP contribution is -2.45. The summed E-state index contributed by atoms with van der Waals surface area (Å²) >= 11 is 1.58. The van der Waals surface area contributed by atoms with Crippen molar-refractivity contribution in [1.82, 2.24) is 15.5 Å². The number of aryl methyl sites for hydroxylation is 1. The molecule has 0 unspecified atom stereocenters. The second-order valence-electron chi connectivity index (χ2n) is 6.79. The Kier molecular flexibility index (Phi) is 4.84. The minimum Gasteiger partial charge on any atom is -0.421 e. The molecular formula is C20H21N3O2S. The van der Waals surface area contributed by atoms with E-state index in [0.717, 1.165) is 18.4 Å². The molecule has 4 rings (SSSR count). The van der Waals surface area contributed by atoms with Gasteiger partial charge in [0.25, 0.3) is 0 Å². The van der Waals surface area contributed by atoms with E-state index in [4.69, 9.17) is 4.42 Å². The van der Waals surface area contributed by atoms with E-state index in [2.05, 4.69) is 39.8 Å². The molecule has 0 bridgehead atoms. The highest BCUT2D eigenvalue weighted by Gasteiger charge is 2.38. The standard InChI is InChI=1S/C20H21N3O2S/c24-17(7-8-18-22-23-19(25-18)15-9-12-26-13-15)21-14-20(10-4-11-20)16-5-2-1-3-6-16/h1-3,5-6,9,12-13H,4,7-8,10-11,14H2,(H,21,24). The van der Waals surface area contributed by atoms with Crippen molar-refractivity contribution in [3.8, 4) is 11.5 Å². The van der Waals surface area contributed by atoms with Gasteiger partial charge in [-0.05, 0) is 29.9 Å². The van der Waals surface area contributed by atoms with Crippen LogP contribution in [-0.2, 0) is 16.6 Å². The van der Waals surface area contributed by atoms with Crippen LogP contribution in [-0.4, -0.2) is 22.6 Å². The monoisotopic (exact) mass is 367 g/mol. The first-order valence-electron chi connectivity index (χ1n) is 8.92. The van der Waals surface area contributed by atoms with Crippen molar-refractivity contribution in [1.29, 1.82) is 0 Å². The zero-order chi connectivity index (χ0) is 17.8. The molecule has 26 heavy (non-hydrogen) atoms. The summed E-state index contributed by atoms with van der Waals surface area (Å²) < 4.78 is 5.63. The molecule has 0 atom stereocenters. The van der Waals surface area contributed by atoms with Crippen molar-refractivity contribution < 1.29 is 9.21 Å². The number of aromatic nitrogens is 2. The average Bonchev–Trinajstić information content (AvgIpc) is 3.31. The molecule has 134 valence electrons. The SMILES string of the molecule is O=C(CCc1nnc(-c2ccsc2)o1)NCC1(c2ccccc2)CCC1. The van der Waals surface area contributed by atoms with E-state index in [1.165, 1.54) is 12.0 Å². The maximum absolute atomic E-state index is 12.3. The summed E-state index contributed by atoms with van der Waals surface area (Å²) in [6.45, 7) is 0.694. The number of thiophene rings is 1. The molecule has 1 aliphatic rings. The van der Waals surface area contributed by atoms with Crippen molar-refractivity contribution in [3.63, 3.8) is 0 Å². The second-order valence-corrected chi connectivity index (χ2v) is 7.57. The normalized spacial score (nSPS) is 15.4. The van der Waals surface area contributed by atoms with Gasteiger partial charge in [-0.25, -0.2) is 0 Å². The predicted octanol–water partition coefficient (Wildman–Crippen LogP) is 3.97. The van der Waals surface area contributed by atoms with Gasteiger partial charge in [-0.2, -0.15) is 11.3 Å². The Hall–Kier alpha value is -2.47. The fraction of sp³-hybridized carbons (Fsp3) is 0.350. The zero-order valence-electron chi connectivity index (χ0n) is 14.5. The van der Waals surface area contributed by atoms with E-state index < -0.39 is 0 Å². The van der Waals surface area contributed by atoms with Crippen LogP contribution in [0, 0.1) is 0 Å². The Morgan fingerprint density at radius 2 is 2.04 bits per heavy atom. The molecule has 1 aliphatic carbocycles. The highest BCUT2D eigenvalue weighted by Crippen LogP contribution is 2.43. The Morgan fingerprint density at radius 3 is 2.73 bits per heavy atom. The fourth-order valence-electron chi connectivity index (χ4n) is 3.40. The van der Waals surface area contributed by atoms with Gasteiger partial charge in [-0.1, -0.05) is 36.8 Å². The first kappa shape index (κ1) is 17.0. The Balaban J connectivity index is 1.29. The zero-order valence-corrected chi connectivity index (χ0v) is 15.3. The van der Waals surface area contributed by atoms with Crippen molar-refractivity contribution in [2.45, 2.75) is 37.5 Å². The highest BCUT2D eigenvalue weighted by molar-refractivity contribution is 7.08. The lowest BCUT2D eigenvalue weighted by atomic mass is 9.64. The Morgan fingerprint density at radius 1 is 1.19 bits per heavy atom. The van der Waals surface area contributed by atoms with Crippen LogP contribution in [0.25, 0.3) is 11.5 Å². The van der Waals surface area contributed by atoms with E-state index in [1.807, 2.05) is 22.9 Å². The van der Waals surface area contributed by atoms with Gasteiger partial charge in [0.05, 0.1) is 0 Å². The second kappa shape index (κ2) is 7.41. The van der Waals surface area contributed by atoms with E-state index in [-0.39, 0.29) is 11.3 Å². The van der Waals surface area contributed by atoms with Crippen molar-refractivity contribution >= 4 is 17.2 Å². The molecule has 5 nitrogen and oxygen atoms in total. The van der Waals surface area contributed by atoms with Gasteiger partial charge in [0.1, 0.15) is 0 Å². The molecule has 1 saturated carbocycles. The van der Waals surface area contributed by atoms with Gasteiger partial charge in [-0.15, -0.1) is 10.2 Å². The number of rotatable bonds is 7. The summed E-state index contributed by atoms with van der Waals surface area (Å²) in [5.74, 6) is 1.05. The Bertz CT molecular complexity index is 854. The molecule has 1 fully saturated rings. The third-order valence-corrected chi connectivity index (χ3v) is 5.80. The van der Waals surface area contributed by atoms with Crippen molar-refractivity contribution in [2.75, 3.05) is 6.54 Å². The molecule has 0 radical (unpaired) electrons. The largest absolute Gasteiger partial charge is 0.421 e. The highest BCUT2D eigenvalue weighted by atomic mass is 32.1. The average molecular weight is 367 g/mol. The quantitative estimate of drug-likeness (QED) is 0.686. The van der Waals surface area contributed by atoms with E-state index in [9.17, 15) is 4.79 Å². The van der Waals surface area contributed by atoms with E-state index in [0.29, 0.717) is 31.2 Å². The number of nitrogens with zero attached hydrogens (tertiary/aromatic N) is 2. The number of amides is 1. The molecule has 1 amide bonds. The van der Waals surface area contributed by atoms with Gasteiger partial charge in [-0.3, -0.25) is 4.79 Å². The van der Waals surface area contributed by atoms with Crippen LogP contribution in [0.2, 0.25) is 0 Å². The summed E-state index contributed by atoms with van der Waals surface area (Å²) in [5, 5.41) is 15.1. The van der Waals surface area contributed by atoms with Gasteiger partial charge in [0.2, 0.25) is 17.7 Å². The molecule has 2 aromatic heterocycles. The third kappa shape index (κ3) is 3.55. The first-order chi connectivity index (χ1) is 12.8. The van der Waals surface area contributed by atoms with Crippen LogP contribution in [0.1, 0.15) is 37.1 Å². The first-order valence-corrected chi connectivity index (χ1v) is 9.87. The maximum Gasteiger partial charge on any atom is 0.248 e. The molecule has 0 saturated heterocycles. The Labute approximate surface area is 156 Å². The topological polar surface area (TPSA) is 68.0 Å². The van der Waals surface area contributed by atoms with Crippen LogP contribution in [0.3, 0.4) is 0 Å². The summed E-state index contributed by atoms with van der Waals surface area (Å²) in [6.07, 6.45) is 4.30. The van der Waals surface area contributed by atoms with Gasteiger partial charge in [0, 0.05) is 35.7 Å². The molecule has 6 heteroatoms. The smallest absolute Gasteiger partial charge is 0.248 e. The molecule has 3 aromatic rings. The molecule has 2 heterocycles. The molecule has 0 spiro atoms. The van der Waals surface area contributed by atoms with E-state index in [1.54, 1.807) is 11.3 Å². The minimum absolute atomic E-state index is 0.0301. The van der Waals surface area contributed by atoms with Crippen LogP contribution in [0.4, 0.5) is 0 Å². The van der Waals surface area contributed by atoms with Crippen LogP contribution in [0.15, 0.2) is 51.6 Å². The fourth-order valence-corrected chi connectivity index (χ4v) is 4.03. The third-order valence-electron chi connectivity index (χ3n) is 5.12. The lowest BCUT2D eigenvalue weighted by molar-refractivity contribution is -0.121. The maximum atomic E-state index is 12.3. The molecule has 1 N–H and O–H groups in total. The minimum atomic E-state index is 0.0301. The number of hydrogen-bond acceptors (Lipinski definition) is 5. The number of hydrogen-bond donors (Lipinski definition) is 1. The molecule has 1 aromatic carbocycles. The van der Waals surface area contributed by atoms with Gasteiger partial charge < -0.3 is 9.73 Å². The van der Waals surface area contributed by atoms with Gasteiger partial charge >= 0.3 is 0 Å². The number of carbonyl (C=O) groups excluding carboxylic acids is 1. The summed E-state index contributed by atoms with van der Waals surface area (Å²) in [4.78, 5) is 12.3. The van der Waals surface area contributed by atoms with Crippen LogP contribution >= 0.6 is 11.3 Å². The predicted molar refractivity (Wildman–Crippen MR) is 101 cm³/mol. The van der Waals surface area contributed by atoms with E-state index >= 15 is 0 Å². The summed E-state index contributed by atoms with van der Waals surface area (Å²) in [6, 6.07) is 12.4. The number of carbonyl (C=O) groups is 1. The lowest BCUT2D eigenvalue weighted by Gasteiger charge is -2.42. The summed E-state index contributed by atoms with van der Waals surface area (Å²) in [5.41, 5.74) is 2.35. The van der Waals surface area contributed by atoms with Crippen molar-refractivity contribution in [2.24, 2.45) is 0 Å². The number of nitrogens with one attached hydrogen (secondary N) is 1. The summed E-state index contributed by atoms with van der Waals surface area (Å²) in [7, 11) is 0. The molecular weight excluding hydrogens is 346 g/mol. The molecule has 0 aliphatic heterocycles. The van der Waals surface area contributed by atoms with Crippen LogP contribution in [0.5, 0.6) is 0 Å². The number of benzene rings is 1.